The van der Waals surface area contributed by atoms with Crippen LogP contribution in [0.1, 0.15) is 44.1 Å². The first-order valence-corrected chi connectivity index (χ1v) is 8.24. The Balaban J connectivity index is 2.11. The fourth-order valence-corrected chi connectivity index (χ4v) is 2.06. The Morgan fingerprint density at radius 2 is 2.04 bits per heavy atom. The maximum absolute atomic E-state index is 12.1. The van der Waals surface area contributed by atoms with Gasteiger partial charge in [0.1, 0.15) is 11.4 Å². The molecule has 0 aliphatic carbocycles. The van der Waals surface area contributed by atoms with Crippen LogP contribution in [-0.2, 0) is 0 Å². The molecule has 2 N–H and O–H groups in total. The van der Waals surface area contributed by atoms with Crippen molar-refractivity contribution in [2.24, 2.45) is 0 Å². The maximum atomic E-state index is 12.1. The number of para-hydroxylation sites is 2. The van der Waals surface area contributed by atoms with Crippen LogP contribution in [0.25, 0.3) is 0 Å². The Kier molecular flexibility index (Phi) is 6.54. The van der Waals surface area contributed by atoms with Gasteiger partial charge in [-0.25, -0.2) is 9.97 Å². The number of carbonyl (C=O) groups is 1. The highest BCUT2D eigenvalue weighted by Crippen LogP contribution is 2.26. The van der Waals surface area contributed by atoms with Crippen molar-refractivity contribution in [3.63, 3.8) is 0 Å². The molecule has 0 spiro atoms. The number of carbonyl (C=O) groups excluding carboxylic acids is 1. The number of nitrogens with zero attached hydrogens (tertiary/aromatic N) is 2. The summed E-state index contributed by atoms with van der Waals surface area (Å²) in [5, 5.41) is 5.96. The SMILES string of the molecule is CCCCNC(=O)c1ccnc(Nc2ccccc2OC(C)C)n1. The summed E-state index contributed by atoms with van der Waals surface area (Å²) in [7, 11) is 0. The number of unbranched alkanes of at least 4 members (excludes halogenated alkanes) is 1. The first-order valence-electron chi connectivity index (χ1n) is 8.24. The van der Waals surface area contributed by atoms with Gasteiger partial charge in [0, 0.05) is 12.7 Å². The van der Waals surface area contributed by atoms with Crippen LogP contribution in [0.3, 0.4) is 0 Å². The summed E-state index contributed by atoms with van der Waals surface area (Å²) in [5.74, 6) is 0.882. The van der Waals surface area contributed by atoms with Gasteiger partial charge in [0.15, 0.2) is 0 Å². The summed E-state index contributed by atoms with van der Waals surface area (Å²) >= 11 is 0. The third kappa shape index (κ3) is 5.22. The van der Waals surface area contributed by atoms with Crippen molar-refractivity contribution in [3.05, 3.63) is 42.2 Å². The molecule has 0 unspecified atom stereocenters. The average Bonchev–Trinajstić information content (AvgIpc) is 2.56. The highest BCUT2D eigenvalue weighted by atomic mass is 16.5. The van der Waals surface area contributed by atoms with E-state index in [0.29, 0.717) is 23.9 Å². The normalized spacial score (nSPS) is 10.5. The minimum absolute atomic E-state index is 0.0598. The average molecular weight is 328 g/mol. The van der Waals surface area contributed by atoms with Crippen LogP contribution in [0.15, 0.2) is 36.5 Å². The lowest BCUT2D eigenvalue weighted by Crippen LogP contribution is -2.25. The zero-order chi connectivity index (χ0) is 17.4. The molecule has 0 saturated heterocycles. The number of amides is 1. The van der Waals surface area contributed by atoms with E-state index in [0.717, 1.165) is 18.5 Å². The van der Waals surface area contributed by atoms with Gasteiger partial charge in [-0.2, -0.15) is 0 Å². The zero-order valence-electron chi connectivity index (χ0n) is 14.4. The van der Waals surface area contributed by atoms with Gasteiger partial charge in [0.05, 0.1) is 11.8 Å². The summed E-state index contributed by atoms with van der Waals surface area (Å²) in [4.78, 5) is 20.5. The fraction of sp³-hybridized carbons (Fsp3) is 0.389. The molecule has 1 aromatic carbocycles. The molecule has 2 rings (SSSR count). The van der Waals surface area contributed by atoms with E-state index in [2.05, 4.69) is 27.5 Å². The summed E-state index contributed by atoms with van der Waals surface area (Å²) in [5.41, 5.74) is 1.10. The molecule has 6 heteroatoms. The number of hydrogen-bond donors (Lipinski definition) is 2. The van der Waals surface area contributed by atoms with Crippen molar-refractivity contribution < 1.29 is 9.53 Å². The smallest absolute Gasteiger partial charge is 0.270 e. The Morgan fingerprint density at radius 1 is 1.25 bits per heavy atom. The van der Waals surface area contributed by atoms with Gasteiger partial charge in [0.2, 0.25) is 5.95 Å². The van der Waals surface area contributed by atoms with E-state index in [1.54, 1.807) is 12.3 Å². The molecule has 0 fully saturated rings. The Morgan fingerprint density at radius 3 is 2.79 bits per heavy atom. The van der Waals surface area contributed by atoms with Crippen molar-refractivity contribution in [1.82, 2.24) is 15.3 Å². The molecule has 0 saturated carbocycles. The van der Waals surface area contributed by atoms with Crippen molar-refractivity contribution in [1.29, 1.82) is 0 Å². The summed E-state index contributed by atoms with van der Waals surface area (Å²) in [6.45, 7) is 6.66. The molecule has 0 radical (unpaired) electrons. The van der Waals surface area contributed by atoms with Gasteiger partial charge in [-0.1, -0.05) is 25.5 Å². The number of anilines is 2. The largest absolute Gasteiger partial charge is 0.489 e. The molecule has 0 bridgehead atoms. The standard InChI is InChI=1S/C18H24N4O2/c1-4-5-11-19-17(23)15-10-12-20-18(22-15)21-14-8-6-7-9-16(14)24-13(2)3/h6-10,12-13H,4-5,11H2,1-3H3,(H,19,23)(H,20,21,22). The van der Waals surface area contributed by atoms with Crippen LogP contribution in [-0.4, -0.2) is 28.5 Å². The maximum Gasteiger partial charge on any atom is 0.270 e. The van der Waals surface area contributed by atoms with Gasteiger partial charge in [0.25, 0.3) is 5.91 Å². The molecule has 1 amide bonds. The monoisotopic (exact) mass is 328 g/mol. The molecule has 0 aliphatic heterocycles. The van der Waals surface area contributed by atoms with Crippen LogP contribution >= 0.6 is 0 Å². The zero-order valence-corrected chi connectivity index (χ0v) is 14.4. The number of ether oxygens (including phenoxy) is 1. The van der Waals surface area contributed by atoms with Gasteiger partial charge in [-0.15, -0.1) is 0 Å². The lowest BCUT2D eigenvalue weighted by atomic mass is 10.3. The predicted octanol–water partition coefficient (Wildman–Crippen LogP) is 3.54. The number of aromatic nitrogens is 2. The number of benzene rings is 1. The fourth-order valence-electron chi connectivity index (χ4n) is 2.06. The van der Waals surface area contributed by atoms with Gasteiger partial charge < -0.3 is 15.4 Å². The van der Waals surface area contributed by atoms with Crippen molar-refractivity contribution in [3.8, 4) is 5.75 Å². The lowest BCUT2D eigenvalue weighted by Gasteiger charge is -2.14. The van der Waals surface area contributed by atoms with E-state index < -0.39 is 0 Å². The van der Waals surface area contributed by atoms with Gasteiger partial charge in [-0.05, 0) is 38.5 Å². The van der Waals surface area contributed by atoms with Crippen LogP contribution in [0.2, 0.25) is 0 Å². The van der Waals surface area contributed by atoms with Crippen molar-refractivity contribution in [2.75, 3.05) is 11.9 Å². The highest BCUT2D eigenvalue weighted by Gasteiger charge is 2.10. The van der Waals surface area contributed by atoms with Gasteiger partial charge in [-0.3, -0.25) is 4.79 Å². The molecule has 128 valence electrons. The molecule has 2 aromatic rings. The molecule has 6 nitrogen and oxygen atoms in total. The summed E-state index contributed by atoms with van der Waals surface area (Å²) in [6.07, 6.45) is 3.60. The molecule has 24 heavy (non-hydrogen) atoms. The lowest BCUT2D eigenvalue weighted by molar-refractivity contribution is 0.0948. The third-order valence-electron chi connectivity index (χ3n) is 3.20. The first-order chi connectivity index (χ1) is 11.6. The molecular formula is C18H24N4O2. The molecule has 1 aromatic heterocycles. The Bertz CT molecular complexity index is 674. The van der Waals surface area contributed by atoms with Crippen molar-refractivity contribution >= 4 is 17.5 Å². The summed E-state index contributed by atoms with van der Waals surface area (Å²) in [6, 6.07) is 9.17. The topological polar surface area (TPSA) is 76.1 Å². The van der Waals surface area contributed by atoms with Crippen LogP contribution in [0.5, 0.6) is 5.75 Å². The van der Waals surface area contributed by atoms with E-state index in [-0.39, 0.29) is 12.0 Å². The first kappa shape index (κ1) is 17.7. The van der Waals surface area contributed by atoms with E-state index in [9.17, 15) is 4.79 Å². The summed E-state index contributed by atoms with van der Waals surface area (Å²) < 4.78 is 5.76. The number of nitrogens with one attached hydrogen (secondary N) is 2. The van der Waals surface area contributed by atoms with E-state index in [4.69, 9.17) is 4.74 Å². The quantitative estimate of drug-likeness (QED) is 0.725. The van der Waals surface area contributed by atoms with Gasteiger partial charge >= 0.3 is 0 Å². The Hall–Kier alpha value is -2.63. The minimum atomic E-state index is -0.194. The van der Waals surface area contributed by atoms with Crippen LogP contribution < -0.4 is 15.4 Å². The van der Waals surface area contributed by atoms with E-state index >= 15 is 0 Å². The van der Waals surface area contributed by atoms with Crippen LogP contribution in [0.4, 0.5) is 11.6 Å². The molecule has 0 aliphatic rings. The number of hydrogen-bond acceptors (Lipinski definition) is 5. The van der Waals surface area contributed by atoms with Crippen LogP contribution in [0, 0.1) is 0 Å². The predicted molar refractivity (Wildman–Crippen MR) is 94.8 cm³/mol. The molecule has 0 atom stereocenters. The van der Waals surface area contributed by atoms with E-state index in [1.807, 2.05) is 38.1 Å². The molecule has 1 heterocycles. The van der Waals surface area contributed by atoms with E-state index in [1.165, 1.54) is 0 Å². The minimum Gasteiger partial charge on any atom is -0.489 e. The third-order valence-corrected chi connectivity index (χ3v) is 3.20. The second-order valence-electron chi connectivity index (χ2n) is 5.66. The second-order valence-corrected chi connectivity index (χ2v) is 5.66. The Labute approximate surface area is 142 Å². The number of rotatable bonds is 8. The molecular weight excluding hydrogens is 304 g/mol. The second kappa shape index (κ2) is 8.86. The highest BCUT2D eigenvalue weighted by molar-refractivity contribution is 5.92. The van der Waals surface area contributed by atoms with Crippen molar-refractivity contribution in [2.45, 2.75) is 39.7 Å².